The van der Waals surface area contributed by atoms with Crippen LogP contribution in [-0.4, -0.2) is 21.6 Å². The van der Waals surface area contributed by atoms with Crippen molar-refractivity contribution in [3.63, 3.8) is 0 Å². The number of hydrogen-bond acceptors (Lipinski definition) is 3. The van der Waals surface area contributed by atoms with Gasteiger partial charge in [0.25, 0.3) is 0 Å². The van der Waals surface area contributed by atoms with Crippen molar-refractivity contribution in [3.8, 4) is 17.0 Å². The molecule has 1 aromatic carbocycles. The van der Waals surface area contributed by atoms with Crippen LogP contribution in [0.2, 0.25) is 0 Å². The quantitative estimate of drug-likeness (QED) is 0.697. The average Bonchev–Trinajstić information content (AvgIpc) is 3.05. The van der Waals surface area contributed by atoms with Crippen LogP contribution in [0, 0.1) is 0 Å². The molecule has 2 aromatic heterocycles. The Morgan fingerprint density at radius 2 is 1.95 bits per heavy atom. The summed E-state index contributed by atoms with van der Waals surface area (Å²) >= 11 is 3.46. The molecular formula is C17H16BrN3O. The number of halogens is 1. The Morgan fingerprint density at radius 1 is 1.18 bits per heavy atom. The standard InChI is InChI=1S/C17H16BrN3O/c1-12(13-3-5-15(18)6-4-13)21-10-17(20-11-21)14-7-16(22-2)9-19-8-14/h3-12H,1-2H3. The van der Waals surface area contributed by atoms with Gasteiger partial charge in [-0.05, 0) is 30.7 Å². The molecule has 3 aromatic rings. The third-order valence-corrected chi connectivity index (χ3v) is 4.17. The van der Waals surface area contributed by atoms with Crippen molar-refractivity contribution < 1.29 is 4.74 Å². The lowest BCUT2D eigenvalue weighted by Gasteiger charge is -2.13. The molecule has 2 heterocycles. The van der Waals surface area contributed by atoms with Crippen LogP contribution in [0.5, 0.6) is 5.75 Å². The Morgan fingerprint density at radius 3 is 2.68 bits per heavy atom. The molecule has 0 aliphatic heterocycles. The summed E-state index contributed by atoms with van der Waals surface area (Å²) in [6.45, 7) is 2.15. The fourth-order valence-electron chi connectivity index (χ4n) is 2.28. The maximum atomic E-state index is 5.21. The molecule has 22 heavy (non-hydrogen) atoms. The van der Waals surface area contributed by atoms with E-state index in [1.165, 1.54) is 5.56 Å². The summed E-state index contributed by atoms with van der Waals surface area (Å²) in [4.78, 5) is 8.66. The largest absolute Gasteiger partial charge is 0.495 e. The third kappa shape index (κ3) is 3.04. The van der Waals surface area contributed by atoms with E-state index in [4.69, 9.17) is 4.74 Å². The molecule has 1 atom stereocenters. The second-order valence-electron chi connectivity index (χ2n) is 5.05. The first-order valence-electron chi connectivity index (χ1n) is 6.95. The summed E-state index contributed by atoms with van der Waals surface area (Å²) in [6, 6.07) is 10.5. The van der Waals surface area contributed by atoms with Gasteiger partial charge in [0.15, 0.2) is 0 Å². The van der Waals surface area contributed by atoms with Crippen molar-refractivity contribution in [2.75, 3.05) is 7.11 Å². The fourth-order valence-corrected chi connectivity index (χ4v) is 2.55. The molecule has 0 amide bonds. The molecular weight excluding hydrogens is 342 g/mol. The van der Waals surface area contributed by atoms with Crippen molar-refractivity contribution in [2.45, 2.75) is 13.0 Å². The van der Waals surface area contributed by atoms with Crippen LogP contribution >= 0.6 is 15.9 Å². The van der Waals surface area contributed by atoms with Gasteiger partial charge in [-0.25, -0.2) is 4.98 Å². The number of nitrogens with zero attached hydrogens (tertiary/aromatic N) is 3. The molecule has 0 aliphatic rings. The molecule has 0 aliphatic carbocycles. The SMILES string of the molecule is COc1cncc(-c2cn(C(C)c3ccc(Br)cc3)cn2)c1. The monoisotopic (exact) mass is 357 g/mol. The van der Waals surface area contributed by atoms with Gasteiger partial charge in [-0.3, -0.25) is 4.98 Å². The predicted octanol–water partition coefficient (Wildman–Crippen LogP) is 4.33. The number of benzene rings is 1. The summed E-state index contributed by atoms with van der Waals surface area (Å²) in [6.07, 6.45) is 7.36. The fraction of sp³-hybridized carbons (Fsp3) is 0.176. The first-order valence-corrected chi connectivity index (χ1v) is 7.75. The Balaban J connectivity index is 1.88. The number of hydrogen-bond donors (Lipinski definition) is 0. The van der Waals surface area contributed by atoms with E-state index in [0.29, 0.717) is 0 Å². The van der Waals surface area contributed by atoms with Crippen LogP contribution in [0.15, 0.2) is 59.7 Å². The molecule has 0 radical (unpaired) electrons. The number of methoxy groups -OCH3 is 1. The van der Waals surface area contributed by atoms with Crippen molar-refractivity contribution in [1.82, 2.24) is 14.5 Å². The molecule has 4 nitrogen and oxygen atoms in total. The molecule has 0 saturated heterocycles. The molecule has 112 valence electrons. The van der Waals surface area contributed by atoms with Crippen molar-refractivity contribution >= 4 is 15.9 Å². The average molecular weight is 358 g/mol. The van der Waals surface area contributed by atoms with E-state index in [1.54, 1.807) is 19.5 Å². The van der Waals surface area contributed by atoms with Crippen LogP contribution in [-0.2, 0) is 0 Å². The van der Waals surface area contributed by atoms with Crippen LogP contribution in [0.3, 0.4) is 0 Å². The highest BCUT2D eigenvalue weighted by molar-refractivity contribution is 9.10. The van der Waals surface area contributed by atoms with Gasteiger partial charge in [0.2, 0.25) is 0 Å². The minimum absolute atomic E-state index is 0.216. The van der Waals surface area contributed by atoms with E-state index in [1.807, 2.05) is 18.6 Å². The predicted molar refractivity (Wildman–Crippen MR) is 90.0 cm³/mol. The summed E-state index contributed by atoms with van der Waals surface area (Å²) in [5.41, 5.74) is 3.06. The van der Waals surface area contributed by atoms with Gasteiger partial charge in [0.05, 0.1) is 31.4 Å². The van der Waals surface area contributed by atoms with Gasteiger partial charge < -0.3 is 9.30 Å². The molecule has 1 unspecified atom stereocenters. The van der Waals surface area contributed by atoms with E-state index in [9.17, 15) is 0 Å². The van der Waals surface area contributed by atoms with Crippen molar-refractivity contribution in [2.24, 2.45) is 0 Å². The summed E-state index contributed by atoms with van der Waals surface area (Å²) in [7, 11) is 1.63. The topological polar surface area (TPSA) is 39.9 Å². The zero-order chi connectivity index (χ0) is 15.5. The minimum Gasteiger partial charge on any atom is -0.495 e. The summed E-state index contributed by atoms with van der Waals surface area (Å²) in [5, 5.41) is 0. The van der Waals surface area contributed by atoms with Crippen LogP contribution < -0.4 is 4.74 Å². The van der Waals surface area contributed by atoms with Crippen LogP contribution in [0.1, 0.15) is 18.5 Å². The first-order chi connectivity index (χ1) is 10.7. The summed E-state index contributed by atoms with van der Waals surface area (Å²) in [5.74, 6) is 0.730. The Labute approximate surface area is 137 Å². The van der Waals surface area contributed by atoms with Gasteiger partial charge in [0.1, 0.15) is 5.75 Å². The lowest BCUT2D eigenvalue weighted by molar-refractivity contribution is 0.413. The number of ether oxygens (including phenoxy) is 1. The van der Waals surface area contributed by atoms with E-state index in [2.05, 4.69) is 61.7 Å². The number of rotatable bonds is 4. The van der Waals surface area contributed by atoms with Crippen LogP contribution in [0.25, 0.3) is 11.3 Å². The zero-order valence-corrected chi connectivity index (χ0v) is 14.0. The zero-order valence-electron chi connectivity index (χ0n) is 12.4. The van der Waals surface area contributed by atoms with Gasteiger partial charge in [-0.15, -0.1) is 0 Å². The Kier molecular flexibility index (Phi) is 4.24. The second kappa shape index (κ2) is 6.32. The normalized spacial score (nSPS) is 12.1. The van der Waals surface area contributed by atoms with E-state index >= 15 is 0 Å². The minimum atomic E-state index is 0.216. The second-order valence-corrected chi connectivity index (χ2v) is 5.96. The maximum absolute atomic E-state index is 5.21. The highest BCUT2D eigenvalue weighted by atomic mass is 79.9. The molecule has 0 saturated carbocycles. The smallest absolute Gasteiger partial charge is 0.137 e. The highest BCUT2D eigenvalue weighted by Crippen LogP contribution is 2.25. The Bertz CT molecular complexity index is 768. The molecule has 0 fully saturated rings. The molecule has 3 rings (SSSR count). The maximum Gasteiger partial charge on any atom is 0.137 e. The highest BCUT2D eigenvalue weighted by Gasteiger charge is 2.10. The third-order valence-electron chi connectivity index (χ3n) is 3.65. The molecule has 0 spiro atoms. The number of imidazole rings is 1. The number of pyridine rings is 1. The van der Waals surface area contributed by atoms with E-state index < -0.39 is 0 Å². The van der Waals surface area contributed by atoms with E-state index in [-0.39, 0.29) is 6.04 Å². The first kappa shape index (κ1) is 14.8. The van der Waals surface area contributed by atoms with Gasteiger partial charge >= 0.3 is 0 Å². The molecule has 0 bridgehead atoms. The van der Waals surface area contributed by atoms with Gasteiger partial charge in [-0.2, -0.15) is 0 Å². The van der Waals surface area contributed by atoms with Crippen LogP contribution in [0.4, 0.5) is 0 Å². The molecule has 0 N–H and O–H groups in total. The van der Waals surface area contributed by atoms with Crippen molar-refractivity contribution in [1.29, 1.82) is 0 Å². The summed E-state index contributed by atoms with van der Waals surface area (Å²) < 4.78 is 8.39. The van der Waals surface area contributed by atoms with Crippen molar-refractivity contribution in [3.05, 3.63) is 65.3 Å². The lowest BCUT2D eigenvalue weighted by atomic mass is 10.1. The van der Waals surface area contributed by atoms with Gasteiger partial charge in [0, 0.05) is 22.4 Å². The van der Waals surface area contributed by atoms with E-state index in [0.717, 1.165) is 21.5 Å². The Hall–Kier alpha value is -2.14. The lowest BCUT2D eigenvalue weighted by Crippen LogP contribution is -2.03. The van der Waals surface area contributed by atoms with Gasteiger partial charge in [-0.1, -0.05) is 28.1 Å². The molecule has 5 heteroatoms. The number of aromatic nitrogens is 3.